The van der Waals surface area contributed by atoms with E-state index in [0.29, 0.717) is 0 Å². The molecule has 0 bridgehead atoms. The van der Waals surface area contributed by atoms with Crippen molar-refractivity contribution in [2.75, 3.05) is 0 Å². The van der Waals surface area contributed by atoms with Crippen molar-refractivity contribution in [3.05, 3.63) is 54.9 Å². The van der Waals surface area contributed by atoms with E-state index < -0.39 is 0 Å². The minimum atomic E-state index is 0.886. The molecule has 2 nitrogen and oxygen atoms in total. The van der Waals surface area contributed by atoms with Crippen molar-refractivity contribution >= 4 is 43.4 Å². The van der Waals surface area contributed by atoms with Crippen molar-refractivity contribution in [3.8, 4) is 0 Å². The summed E-state index contributed by atoms with van der Waals surface area (Å²) in [5.41, 5.74) is 1.84. The first kappa shape index (κ1) is 9.34. The van der Waals surface area contributed by atoms with E-state index in [4.69, 9.17) is 4.42 Å². The zero-order valence-electron chi connectivity index (χ0n) is 10.1. The molecule has 0 saturated heterocycles. The van der Waals surface area contributed by atoms with Crippen molar-refractivity contribution < 1.29 is 4.42 Å². The van der Waals surface area contributed by atoms with Gasteiger partial charge in [-0.25, -0.2) is 4.98 Å². The summed E-state index contributed by atoms with van der Waals surface area (Å²) >= 11 is 0. The van der Waals surface area contributed by atoms with Crippen LogP contribution < -0.4 is 0 Å². The molecule has 0 amide bonds. The summed E-state index contributed by atoms with van der Waals surface area (Å²) in [7, 11) is 0. The predicted octanol–water partition coefficient (Wildman–Crippen LogP) is 4.73. The quantitative estimate of drug-likeness (QED) is 0.368. The topological polar surface area (TPSA) is 26.0 Å². The van der Waals surface area contributed by atoms with Gasteiger partial charge in [0.05, 0.1) is 0 Å². The number of oxazole rings is 1. The molecule has 0 aliphatic carbocycles. The van der Waals surface area contributed by atoms with Gasteiger partial charge in [0.15, 0.2) is 12.0 Å². The van der Waals surface area contributed by atoms with Crippen molar-refractivity contribution in [3.63, 3.8) is 0 Å². The molecule has 0 atom stereocenters. The van der Waals surface area contributed by atoms with Crippen LogP contribution in [0.3, 0.4) is 0 Å². The maximum Gasteiger partial charge on any atom is 0.182 e. The van der Waals surface area contributed by atoms with Crippen LogP contribution in [0.1, 0.15) is 0 Å². The molecule has 0 N–H and O–H groups in total. The van der Waals surface area contributed by atoms with Crippen molar-refractivity contribution in [1.82, 2.24) is 4.98 Å². The molecule has 4 aromatic carbocycles. The second kappa shape index (κ2) is 3.04. The fourth-order valence-electron chi connectivity index (χ4n) is 3.17. The summed E-state index contributed by atoms with van der Waals surface area (Å²) in [4.78, 5) is 4.40. The molecule has 0 radical (unpaired) electrons. The second-order valence-electron chi connectivity index (χ2n) is 4.90. The Hall–Kier alpha value is -2.61. The van der Waals surface area contributed by atoms with Gasteiger partial charge in [-0.3, -0.25) is 0 Å². The van der Waals surface area contributed by atoms with Gasteiger partial charge in [-0.05, 0) is 16.2 Å². The smallest absolute Gasteiger partial charge is 0.182 e. The fourth-order valence-corrected chi connectivity index (χ4v) is 3.17. The Morgan fingerprint density at radius 2 is 1.42 bits per heavy atom. The predicted molar refractivity (Wildman–Crippen MR) is 77.7 cm³/mol. The summed E-state index contributed by atoms with van der Waals surface area (Å²) in [5, 5.41) is 7.39. The monoisotopic (exact) mass is 243 g/mol. The highest BCUT2D eigenvalue weighted by molar-refractivity contribution is 6.31. The van der Waals surface area contributed by atoms with Crippen molar-refractivity contribution in [2.24, 2.45) is 0 Å². The third-order valence-corrected chi connectivity index (χ3v) is 3.95. The Morgan fingerprint density at radius 1 is 0.737 bits per heavy atom. The Bertz CT molecular complexity index is 974. The summed E-state index contributed by atoms with van der Waals surface area (Å²) in [6, 6.07) is 17.0. The van der Waals surface area contributed by atoms with Crippen molar-refractivity contribution in [2.45, 2.75) is 0 Å². The molecule has 0 aliphatic heterocycles. The molecule has 0 unspecified atom stereocenters. The van der Waals surface area contributed by atoms with Crippen molar-refractivity contribution in [1.29, 1.82) is 0 Å². The van der Waals surface area contributed by atoms with Gasteiger partial charge in [0.1, 0.15) is 5.52 Å². The SMILES string of the molecule is c1cc2ccc3cccc4c5ocnc5c(c1)c2c34. The molecule has 0 aliphatic rings. The number of aromatic nitrogens is 1. The summed E-state index contributed by atoms with van der Waals surface area (Å²) in [5.74, 6) is 0. The lowest BCUT2D eigenvalue weighted by Gasteiger charge is -2.10. The van der Waals surface area contributed by atoms with Crippen LogP contribution in [0.4, 0.5) is 0 Å². The minimum absolute atomic E-state index is 0.886. The van der Waals surface area contributed by atoms with E-state index in [1.165, 1.54) is 33.3 Å². The van der Waals surface area contributed by atoms with Gasteiger partial charge in [0.2, 0.25) is 0 Å². The van der Waals surface area contributed by atoms with Gasteiger partial charge in [-0.1, -0.05) is 48.5 Å². The molecular formula is C17H9NO. The average molecular weight is 243 g/mol. The first-order valence-electron chi connectivity index (χ1n) is 6.32. The number of rotatable bonds is 0. The van der Waals surface area contributed by atoms with Crippen LogP contribution in [0.5, 0.6) is 0 Å². The first-order valence-corrected chi connectivity index (χ1v) is 6.32. The number of benzene rings is 4. The molecule has 0 fully saturated rings. The standard InChI is InChI=1S/C17H9NO/c1-3-10-7-8-11-4-2-6-13-15(11)14(10)12(5-1)16-17(13)19-9-18-16/h1-9H. The molecule has 5 rings (SSSR count). The maximum absolute atomic E-state index is 5.62. The van der Waals surface area contributed by atoms with Crippen LogP contribution in [0, 0.1) is 0 Å². The van der Waals surface area contributed by atoms with Gasteiger partial charge in [-0.2, -0.15) is 0 Å². The van der Waals surface area contributed by atoms with Gasteiger partial charge >= 0.3 is 0 Å². The Labute approximate surface area is 108 Å². The molecular weight excluding hydrogens is 234 g/mol. The number of hydrogen-bond donors (Lipinski definition) is 0. The zero-order chi connectivity index (χ0) is 12.4. The van der Waals surface area contributed by atoms with Gasteiger partial charge in [0, 0.05) is 16.2 Å². The third kappa shape index (κ3) is 1.01. The summed E-state index contributed by atoms with van der Waals surface area (Å²) in [6.07, 6.45) is 1.54. The molecule has 1 aromatic heterocycles. The van der Waals surface area contributed by atoms with E-state index >= 15 is 0 Å². The zero-order valence-corrected chi connectivity index (χ0v) is 10.1. The largest absolute Gasteiger partial charge is 0.443 e. The minimum Gasteiger partial charge on any atom is -0.443 e. The average Bonchev–Trinajstić information content (AvgIpc) is 2.95. The molecule has 19 heavy (non-hydrogen) atoms. The highest BCUT2D eigenvalue weighted by Crippen LogP contribution is 2.39. The normalized spacial score (nSPS) is 12.2. The Morgan fingerprint density at radius 3 is 2.21 bits per heavy atom. The lowest BCUT2D eigenvalue weighted by molar-refractivity contribution is 0.605. The second-order valence-corrected chi connectivity index (χ2v) is 4.90. The fraction of sp³-hybridized carbons (Fsp3) is 0. The molecule has 0 spiro atoms. The number of fused-ring (bicyclic) bond motifs is 3. The highest BCUT2D eigenvalue weighted by atomic mass is 16.3. The molecule has 0 saturated carbocycles. The molecule has 88 valence electrons. The van der Waals surface area contributed by atoms with Gasteiger partial charge < -0.3 is 4.42 Å². The van der Waals surface area contributed by atoms with E-state index in [2.05, 4.69) is 53.5 Å². The van der Waals surface area contributed by atoms with Gasteiger partial charge in [-0.15, -0.1) is 0 Å². The van der Waals surface area contributed by atoms with E-state index in [0.717, 1.165) is 16.5 Å². The Balaban J connectivity index is 2.36. The van der Waals surface area contributed by atoms with E-state index in [-0.39, 0.29) is 0 Å². The lowest BCUT2D eigenvalue weighted by Crippen LogP contribution is -1.85. The van der Waals surface area contributed by atoms with E-state index in [9.17, 15) is 0 Å². The highest BCUT2D eigenvalue weighted by Gasteiger charge is 2.14. The third-order valence-electron chi connectivity index (χ3n) is 3.95. The molecule has 2 heteroatoms. The molecule has 5 aromatic rings. The van der Waals surface area contributed by atoms with E-state index in [1.54, 1.807) is 0 Å². The maximum atomic E-state index is 5.62. The van der Waals surface area contributed by atoms with Crippen LogP contribution in [-0.2, 0) is 0 Å². The van der Waals surface area contributed by atoms with Gasteiger partial charge in [0.25, 0.3) is 0 Å². The number of hydrogen-bond acceptors (Lipinski definition) is 2. The number of nitrogens with zero attached hydrogens (tertiary/aromatic N) is 1. The van der Waals surface area contributed by atoms with Crippen LogP contribution in [0.15, 0.2) is 59.3 Å². The Kier molecular flexibility index (Phi) is 1.49. The van der Waals surface area contributed by atoms with Crippen LogP contribution in [0.25, 0.3) is 43.4 Å². The van der Waals surface area contributed by atoms with Crippen LogP contribution in [-0.4, -0.2) is 4.98 Å². The van der Waals surface area contributed by atoms with E-state index in [1.807, 2.05) is 0 Å². The van der Waals surface area contributed by atoms with Crippen LogP contribution >= 0.6 is 0 Å². The summed E-state index contributed by atoms with van der Waals surface area (Å²) < 4.78 is 5.62. The summed E-state index contributed by atoms with van der Waals surface area (Å²) in [6.45, 7) is 0. The first-order chi connectivity index (χ1) is 9.43. The lowest BCUT2D eigenvalue weighted by atomic mass is 9.93. The van der Waals surface area contributed by atoms with Crippen LogP contribution in [0.2, 0.25) is 0 Å². The molecule has 1 heterocycles.